The van der Waals surface area contributed by atoms with Gasteiger partial charge in [-0.1, -0.05) is 36.4 Å². The quantitative estimate of drug-likeness (QED) is 0.774. The molecule has 0 bridgehead atoms. The molecule has 0 radical (unpaired) electrons. The Morgan fingerprint density at radius 2 is 1.94 bits per heavy atom. The number of aliphatic hydroxyl groups is 1. The van der Waals surface area contributed by atoms with Gasteiger partial charge in [-0.25, -0.2) is 4.79 Å². The lowest BCUT2D eigenvalue weighted by molar-refractivity contribution is -0.159. The summed E-state index contributed by atoms with van der Waals surface area (Å²) in [5.74, 6) is 0.679. The van der Waals surface area contributed by atoms with E-state index in [1.807, 2.05) is 38.1 Å². The molecule has 3 amide bonds. The molecule has 0 aliphatic carbocycles. The van der Waals surface area contributed by atoms with Gasteiger partial charge in [-0.2, -0.15) is 0 Å². The Morgan fingerprint density at radius 3 is 2.58 bits per heavy atom. The molecule has 0 unspecified atom stereocenters. The topological polar surface area (TPSA) is 82.1 Å². The Hall–Kier alpha value is -3.06. The van der Waals surface area contributed by atoms with Gasteiger partial charge < -0.3 is 25.0 Å². The number of aliphatic hydroxyl groups excluding tert-OH is 1. The SMILES string of the molecule is COc1cccc(-c2ccc([C@H]3[C@@H](CO)N4C(=O)CN(C(=O)NC(C)C)C[C@@H]34)cc2)c1. The summed E-state index contributed by atoms with van der Waals surface area (Å²) in [7, 11) is 1.65. The summed E-state index contributed by atoms with van der Waals surface area (Å²) in [6.07, 6.45) is 0. The number of nitrogens with one attached hydrogen (secondary N) is 1. The van der Waals surface area contributed by atoms with E-state index in [1.165, 1.54) is 0 Å². The lowest BCUT2D eigenvalue weighted by Crippen LogP contribution is -2.74. The first-order valence-corrected chi connectivity index (χ1v) is 10.6. The Balaban J connectivity index is 1.55. The van der Waals surface area contributed by atoms with Crippen molar-refractivity contribution in [2.45, 2.75) is 37.9 Å². The van der Waals surface area contributed by atoms with Crippen molar-refractivity contribution in [1.29, 1.82) is 0 Å². The third-order valence-electron chi connectivity index (χ3n) is 6.15. The fourth-order valence-corrected chi connectivity index (χ4v) is 4.69. The van der Waals surface area contributed by atoms with Crippen molar-refractivity contribution in [2.24, 2.45) is 0 Å². The van der Waals surface area contributed by atoms with Crippen LogP contribution in [0.2, 0.25) is 0 Å². The number of fused-ring (bicyclic) bond motifs is 1. The van der Waals surface area contributed by atoms with Crippen molar-refractivity contribution in [3.63, 3.8) is 0 Å². The highest BCUT2D eigenvalue weighted by molar-refractivity contribution is 5.87. The Kier molecular flexibility index (Phi) is 5.87. The molecule has 31 heavy (non-hydrogen) atoms. The van der Waals surface area contributed by atoms with Crippen molar-refractivity contribution < 1.29 is 19.4 Å². The second kappa shape index (κ2) is 8.59. The number of benzene rings is 2. The number of nitrogens with zero attached hydrogens (tertiary/aromatic N) is 2. The number of amides is 3. The van der Waals surface area contributed by atoms with Gasteiger partial charge in [0.15, 0.2) is 0 Å². The van der Waals surface area contributed by atoms with Gasteiger partial charge in [-0.05, 0) is 42.7 Å². The largest absolute Gasteiger partial charge is 0.497 e. The van der Waals surface area contributed by atoms with Gasteiger partial charge in [0.2, 0.25) is 5.91 Å². The molecule has 2 fully saturated rings. The summed E-state index contributed by atoms with van der Waals surface area (Å²) in [6.45, 7) is 4.21. The molecule has 4 rings (SSSR count). The summed E-state index contributed by atoms with van der Waals surface area (Å²) in [5, 5.41) is 12.8. The number of rotatable bonds is 5. The lowest BCUT2D eigenvalue weighted by atomic mass is 9.73. The summed E-state index contributed by atoms with van der Waals surface area (Å²) < 4.78 is 5.31. The fraction of sp³-hybridized carbons (Fsp3) is 0.417. The maximum Gasteiger partial charge on any atom is 0.318 e. The molecule has 2 aliphatic heterocycles. The van der Waals surface area contributed by atoms with Crippen LogP contribution in [0.25, 0.3) is 11.1 Å². The molecule has 2 aliphatic rings. The summed E-state index contributed by atoms with van der Waals surface area (Å²) in [6, 6.07) is 15.5. The highest BCUT2D eigenvalue weighted by Crippen LogP contribution is 2.43. The van der Waals surface area contributed by atoms with Crippen LogP contribution in [-0.2, 0) is 4.79 Å². The smallest absolute Gasteiger partial charge is 0.318 e. The molecule has 3 atom stereocenters. The Bertz CT molecular complexity index is 960. The monoisotopic (exact) mass is 423 g/mol. The first-order chi connectivity index (χ1) is 14.9. The second-order valence-electron chi connectivity index (χ2n) is 8.48. The molecule has 7 nitrogen and oxygen atoms in total. The van der Waals surface area contributed by atoms with Gasteiger partial charge in [0.25, 0.3) is 0 Å². The molecule has 0 spiro atoms. The third-order valence-corrected chi connectivity index (χ3v) is 6.15. The minimum Gasteiger partial charge on any atom is -0.497 e. The van der Waals surface area contributed by atoms with Crippen molar-refractivity contribution in [2.75, 3.05) is 26.8 Å². The Morgan fingerprint density at radius 1 is 1.19 bits per heavy atom. The van der Waals surface area contributed by atoms with Gasteiger partial charge >= 0.3 is 6.03 Å². The van der Waals surface area contributed by atoms with Crippen LogP contribution in [-0.4, -0.2) is 71.8 Å². The zero-order chi connectivity index (χ0) is 22.1. The number of piperazine rings is 1. The molecule has 2 heterocycles. The zero-order valence-electron chi connectivity index (χ0n) is 18.1. The third kappa shape index (κ3) is 3.97. The predicted molar refractivity (Wildman–Crippen MR) is 118 cm³/mol. The Labute approximate surface area is 182 Å². The molecular weight excluding hydrogens is 394 g/mol. The number of carbonyl (C=O) groups is 2. The predicted octanol–water partition coefficient (Wildman–Crippen LogP) is 2.45. The van der Waals surface area contributed by atoms with E-state index in [0.29, 0.717) is 6.54 Å². The van der Waals surface area contributed by atoms with E-state index in [4.69, 9.17) is 4.74 Å². The average Bonchev–Trinajstić information content (AvgIpc) is 2.75. The van der Waals surface area contributed by atoms with Gasteiger partial charge in [0, 0.05) is 18.5 Å². The van der Waals surface area contributed by atoms with Gasteiger partial charge in [-0.15, -0.1) is 0 Å². The molecular formula is C24H29N3O4. The van der Waals surface area contributed by atoms with Crippen LogP contribution >= 0.6 is 0 Å². The number of urea groups is 1. The van der Waals surface area contributed by atoms with Crippen LogP contribution in [0.15, 0.2) is 48.5 Å². The molecule has 7 heteroatoms. The minimum absolute atomic E-state index is 0.00663. The van der Waals surface area contributed by atoms with E-state index >= 15 is 0 Å². The number of methoxy groups -OCH3 is 1. The maximum atomic E-state index is 12.7. The number of hydrogen-bond acceptors (Lipinski definition) is 4. The second-order valence-corrected chi connectivity index (χ2v) is 8.48. The highest BCUT2D eigenvalue weighted by atomic mass is 16.5. The number of carbonyl (C=O) groups excluding carboxylic acids is 2. The first kappa shape index (κ1) is 21.2. The van der Waals surface area contributed by atoms with E-state index < -0.39 is 0 Å². The summed E-state index contributed by atoms with van der Waals surface area (Å²) >= 11 is 0. The van der Waals surface area contributed by atoms with Crippen LogP contribution in [0, 0.1) is 0 Å². The van der Waals surface area contributed by atoms with E-state index in [-0.39, 0.29) is 49.1 Å². The van der Waals surface area contributed by atoms with Crippen LogP contribution < -0.4 is 10.1 Å². The molecule has 2 aromatic carbocycles. The average molecular weight is 424 g/mol. The van der Waals surface area contributed by atoms with Crippen molar-refractivity contribution in [1.82, 2.24) is 15.1 Å². The summed E-state index contributed by atoms with van der Waals surface area (Å²) in [4.78, 5) is 28.5. The molecule has 0 saturated carbocycles. The van der Waals surface area contributed by atoms with Crippen molar-refractivity contribution in [3.8, 4) is 16.9 Å². The number of ether oxygens (including phenoxy) is 1. The number of hydrogen-bond donors (Lipinski definition) is 2. The maximum absolute atomic E-state index is 12.7. The van der Waals surface area contributed by atoms with Crippen LogP contribution in [0.3, 0.4) is 0 Å². The minimum atomic E-state index is -0.254. The van der Waals surface area contributed by atoms with Crippen LogP contribution in [0.5, 0.6) is 5.75 Å². The van der Waals surface area contributed by atoms with E-state index in [1.54, 1.807) is 16.9 Å². The molecule has 2 N–H and O–H groups in total. The normalized spacial score (nSPS) is 22.7. The molecule has 164 valence electrons. The zero-order valence-corrected chi connectivity index (χ0v) is 18.1. The van der Waals surface area contributed by atoms with Crippen LogP contribution in [0.4, 0.5) is 4.79 Å². The van der Waals surface area contributed by atoms with E-state index in [2.05, 4.69) is 29.6 Å². The first-order valence-electron chi connectivity index (χ1n) is 10.6. The molecule has 2 aromatic rings. The lowest BCUT2D eigenvalue weighted by Gasteiger charge is -2.58. The van der Waals surface area contributed by atoms with Gasteiger partial charge in [0.1, 0.15) is 12.3 Å². The van der Waals surface area contributed by atoms with Gasteiger partial charge in [-0.3, -0.25) is 4.79 Å². The molecule has 2 saturated heterocycles. The highest BCUT2D eigenvalue weighted by Gasteiger charge is 2.54. The van der Waals surface area contributed by atoms with Crippen molar-refractivity contribution >= 4 is 11.9 Å². The summed E-state index contributed by atoms with van der Waals surface area (Å²) in [5.41, 5.74) is 3.19. The van der Waals surface area contributed by atoms with E-state index in [9.17, 15) is 14.7 Å². The molecule has 0 aromatic heterocycles. The standard InChI is InChI=1S/C24H29N3O4/c1-15(2)25-24(30)26-12-20-23(21(14-28)27(20)22(29)13-26)17-9-7-16(8-10-17)18-5-4-6-19(11-18)31-3/h4-11,15,20-21,23,28H,12-14H2,1-3H3,(H,25,30)/t20-,21+,23+/m0/s1. The fourth-order valence-electron chi connectivity index (χ4n) is 4.69. The van der Waals surface area contributed by atoms with Gasteiger partial charge in [0.05, 0.1) is 25.8 Å². The van der Waals surface area contributed by atoms with Crippen molar-refractivity contribution in [3.05, 3.63) is 54.1 Å². The van der Waals surface area contributed by atoms with E-state index in [0.717, 1.165) is 22.4 Å². The van der Waals surface area contributed by atoms with Crippen LogP contribution in [0.1, 0.15) is 25.3 Å².